The second-order valence-electron chi connectivity index (χ2n) is 5.21. The van der Waals surface area contributed by atoms with Crippen molar-refractivity contribution < 1.29 is 8.42 Å². The van der Waals surface area contributed by atoms with E-state index in [1.165, 1.54) is 4.31 Å². The summed E-state index contributed by atoms with van der Waals surface area (Å²) in [6, 6.07) is 5.11. The van der Waals surface area contributed by atoms with E-state index in [-0.39, 0.29) is 0 Å². The predicted molar refractivity (Wildman–Crippen MR) is 83.7 cm³/mol. The third-order valence-electron chi connectivity index (χ3n) is 3.25. The SMILES string of the molecule is Cc1ccc(S(=O)(=O)N(C)CCCN(C)C)cc1CCl. The lowest BCUT2D eigenvalue weighted by Crippen LogP contribution is -2.30. The maximum absolute atomic E-state index is 12.5. The molecule has 0 saturated carbocycles. The molecule has 6 heteroatoms. The molecule has 0 amide bonds. The minimum absolute atomic E-state index is 0.311. The fraction of sp³-hybridized carbons (Fsp3) is 0.571. The van der Waals surface area contributed by atoms with Crippen molar-refractivity contribution in [3.8, 4) is 0 Å². The van der Waals surface area contributed by atoms with E-state index in [9.17, 15) is 8.42 Å². The summed E-state index contributed by atoms with van der Waals surface area (Å²) in [6.07, 6.45) is 0.803. The van der Waals surface area contributed by atoms with Gasteiger partial charge in [-0.2, -0.15) is 0 Å². The molecule has 1 rings (SSSR count). The molecule has 0 fully saturated rings. The summed E-state index contributed by atoms with van der Waals surface area (Å²) in [6.45, 7) is 3.29. The minimum Gasteiger partial charge on any atom is -0.309 e. The molecule has 0 spiro atoms. The summed E-state index contributed by atoms with van der Waals surface area (Å²) in [5.41, 5.74) is 1.86. The Balaban J connectivity index is 2.87. The Kier molecular flexibility index (Phi) is 6.45. The Morgan fingerprint density at radius 1 is 1.15 bits per heavy atom. The molecule has 0 atom stereocenters. The Hall–Kier alpha value is -0.620. The highest BCUT2D eigenvalue weighted by atomic mass is 35.5. The van der Waals surface area contributed by atoms with Crippen molar-refractivity contribution in [2.45, 2.75) is 24.1 Å². The molecule has 0 aliphatic rings. The van der Waals surface area contributed by atoms with E-state index in [1.807, 2.05) is 25.9 Å². The third-order valence-corrected chi connectivity index (χ3v) is 5.39. The second-order valence-corrected chi connectivity index (χ2v) is 7.52. The van der Waals surface area contributed by atoms with Gasteiger partial charge >= 0.3 is 0 Å². The van der Waals surface area contributed by atoms with Gasteiger partial charge in [-0.15, -0.1) is 11.6 Å². The molecule has 0 aromatic heterocycles. The van der Waals surface area contributed by atoms with Gasteiger partial charge in [-0.3, -0.25) is 0 Å². The molecule has 0 unspecified atom stereocenters. The van der Waals surface area contributed by atoms with Gasteiger partial charge in [-0.1, -0.05) is 6.07 Å². The number of rotatable bonds is 7. The van der Waals surface area contributed by atoms with Gasteiger partial charge in [0, 0.05) is 19.5 Å². The number of halogens is 1. The van der Waals surface area contributed by atoms with Gasteiger partial charge in [0.15, 0.2) is 0 Å². The van der Waals surface area contributed by atoms with Crippen LogP contribution in [-0.2, 0) is 15.9 Å². The normalized spacial score (nSPS) is 12.3. The van der Waals surface area contributed by atoms with E-state index >= 15 is 0 Å². The predicted octanol–water partition coefficient (Wildman–Crippen LogP) is 2.31. The zero-order chi connectivity index (χ0) is 15.3. The molecular formula is C14H23ClN2O2S. The first kappa shape index (κ1) is 17.4. The topological polar surface area (TPSA) is 40.6 Å². The van der Waals surface area contributed by atoms with Gasteiger partial charge in [-0.25, -0.2) is 12.7 Å². The molecule has 114 valence electrons. The fourth-order valence-electron chi connectivity index (χ4n) is 1.86. The first-order valence-corrected chi connectivity index (χ1v) is 8.53. The van der Waals surface area contributed by atoms with Gasteiger partial charge in [0.2, 0.25) is 10.0 Å². The van der Waals surface area contributed by atoms with Gasteiger partial charge in [0.1, 0.15) is 0 Å². The Morgan fingerprint density at radius 2 is 1.80 bits per heavy atom. The summed E-state index contributed by atoms with van der Waals surface area (Å²) in [5, 5.41) is 0. The number of hydrogen-bond donors (Lipinski definition) is 0. The highest BCUT2D eigenvalue weighted by molar-refractivity contribution is 7.89. The minimum atomic E-state index is -3.43. The van der Waals surface area contributed by atoms with Crippen molar-refractivity contribution in [2.75, 3.05) is 34.2 Å². The van der Waals surface area contributed by atoms with Crippen molar-refractivity contribution in [3.05, 3.63) is 29.3 Å². The zero-order valence-corrected chi connectivity index (χ0v) is 14.1. The first-order valence-electron chi connectivity index (χ1n) is 6.55. The molecule has 20 heavy (non-hydrogen) atoms. The lowest BCUT2D eigenvalue weighted by Gasteiger charge is -2.19. The zero-order valence-electron chi connectivity index (χ0n) is 12.6. The summed E-state index contributed by atoms with van der Waals surface area (Å²) < 4.78 is 26.3. The molecule has 0 N–H and O–H groups in total. The fourth-order valence-corrected chi connectivity index (χ4v) is 3.41. The molecule has 0 radical (unpaired) electrons. The molecule has 0 heterocycles. The van der Waals surface area contributed by atoms with E-state index in [2.05, 4.69) is 0 Å². The molecule has 0 bridgehead atoms. The maximum Gasteiger partial charge on any atom is 0.242 e. The summed E-state index contributed by atoms with van der Waals surface area (Å²) in [4.78, 5) is 2.35. The van der Waals surface area contributed by atoms with Crippen LogP contribution in [0.15, 0.2) is 23.1 Å². The van der Waals surface area contributed by atoms with Gasteiger partial charge in [-0.05, 0) is 57.2 Å². The van der Waals surface area contributed by atoms with Gasteiger partial charge < -0.3 is 4.90 Å². The average molecular weight is 319 g/mol. The Labute approximate surface area is 127 Å². The van der Waals surface area contributed by atoms with Gasteiger partial charge in [0.25, 0.3) is 0 Å². The quantitative estimate of drug-likeness (QED) is 0.724. The van der Waals surface area contributed by atoms with Crippen molar-refractivity contribution in [3.63, 3.8) is 0 Å². The molecule has 0 aliphatic carbocycles. The van der Waals surface area contributed by atoms with Crippen LogP contribution >= 0.6 is 11.6 Å². The standard InChI is InChI=1S/C14H23ClN2O2S/c1-12-6-7-14(10-13(12)11-15)20(18,19)17(4)9-5-8-16(2)3/h6-7,10H,5,8-9,11H2,1-4H3. The number of nitrogens with zero attached hydrogens (tertiary/aromatic N) is 2. The number of aryl methyl sites for hydroxylation is 1. The maximum atomic E-state index is 12.5. The summed E-state index contributed by atoms with van der Waals surface area (Å²) >= 11 is 5.84. The van der Waals surface area contributed by atoms with Crippen molar-refractivity contribution in [1.82, 2.24) is 9.21 Å². The molecule has 0 aliphatic heterocycles. The summed E-state index contributed by atoms with van der Waals surface area (Å²) in [5.74, 6) is 0.319. The van der Waals surface area contributed by atoms with Crippen molar-refractivity contribution in [2.24, 2.45) is 0 Å². The van der Waals surface area contributed by atoms with Crippen LogP contribution in [0.3, 0.4) is 0 Å². The molecule has 1 aromatic carbocycles. The van der Waals surface area contributed by atoms with Crippen LogP contribution in [0.1, 0.15) is 17.5 Å². The highest BCUT2D eigenvalue weighted by Crippen LogP contribution is 2.20. The van der Waals surface area contributed by atoms with E-state index in [0.717, 1.165) is 24.1 Å². The second kappa shape index (κ2) is 7.41. The number of alkyl halides is 1. The Bertz CT molecular complexity index is 544. The van der Waals surface area contributed by atoms with Crippen LogP contribution in [0.5, 0.6) is 0 Å². The number of benzene rings is 1. The third kappa shape index (κ3) is 4.45. The Morgan fingerprint density at radius 3 is 2.35 bits per heavy atom. The van der Waals surface area contributed by atoms with Crippen molar-refractivity contribution >= 4 is 21.6 Å². The van der Waals surface area contributed by atoms with Crippen LogP contribution in [0, 0.1) is 6.92 Å². The lowest BCUT2D eigenvalue weighted by atomic mass is 10.1. The molecule has 0 saturated heterocycles. The molecule has 1 aromatic rings. The summed E-state index contributed by atoms with van der Waals surface area (Å²) in [7, 11) is 2.13. The number of sulfonamides is 1. The first-order chi connectivity index (χ1) is 9.28. The largest absolute Gasteiger partial charge is 0.309 e. The molecular weight excluding hydrogens is 296 g/mol. The van der Waals surface area contributed by atoms with E-state index in [0.29, 0.717) is 17.3 Å². The monoisotopic (exact) mass is 318 g/mol. The van der Waals surface area contributed by atoms with Crippen LogP contribution in [0.4, 0.5) is 0 Å². The van der Waals surface area contributed by atoms with Gasteiger partial charge in [0.05, 0.1) is 4.90 Å². The van der Waals surface area contributed by atoms with E-state index in [4.69, 9.17) is 11.6 Å². The van der Waals surface area contributed by atoms with Crippen LogP contribution in [0.25, 0.3) is 0 Å². The molecule has 4 nitrogen and oxygen atoms in total. The highest BCUT2D eigenvalue weighted by Gasteiger charge is 2.21. The van der Waals surface area contributed by atoms with E-state index < -0.39 is 10.0 Å². The smallest absolute Gasteiger partial charge is 0.242 e. The van der Waals surface area contributed by atoms with Crippen LogP contribution in [-0.4, -0.2) is 51.9 Å². The lowest BCUT2D eigenvalue weighted by molar-refractivity contribution is 0.370. The van der Waals surface area contributed by atoms with Crippen molar-refractivity contribution in [1.29, 1.82) is 0 Å². The number of hydrogen-bond acceptors (Lipinski definition) is 3. The van der Waals surface area contributed by atoms with Crippen LogP contribution < -0.4 is 0 Å². The average Bonchev–Trinajstić information content (AvgIpc) is 2.38. The van der Waals surface area contributed by atoms with E-state index in [1.54, 1.807) is 25.2 Å². The van der Waals surface area contributed by atoms with Crippen LogP contribution in [0.2, 0.25) is 0 Å².